The summed E-state index contributed by atoms with van der Waals surface area (Å²) in [6.45, 7) is 5.73. The molecule has 34 heavy (non-hydrogen) atoms. The van der Waals surface area contributed by atoms with Gasteiger partial charge in [-0.3, -0.25) is 29.3 Å². The Morgan fingerprint density at radius 2 is 1.79 bits per heavy atom. The molecule has 2 N–H and O–H groups in total. The molecule has 3 rings (SSSR count). The number of imide groups is 1. The smallest absolute Gasteiger partial charge is 0.306 e. The lowest BCUT2D eigenvalue weighted by Crippen LogP contribution is -2.52. The number of unbranched alkanes of at least 4 members (excludes halogenated alkanes) is 3. The number of hydrogen-bond donors (Lipinski definition) is 2. The summed E-state index contributed by atoms with van der Waals surface area (Å²) >= 11 is 0. The molecule has 0 radical (unpaired) electrons. The van der Waals surface area contributed by atoms with Crippen LogP contribution in [0.4, 0.5) is 5.69 Å². The van der Waals surface area contributed by atoms with E-state index >= 15 is 0 Å². The van der Waals surface area contributed by atoms with Crippen LogP contribution in [-0.2, 0) is 30.5 Å². The normalized spacial score (nSPS) is 17.9. The highest BCUT2D eigenvalue weighted by Crippen LogP contribution is 2.32. The standard InChI is InChI=1S/C25H33N3O6/c1-25(2,3)34-22(31)12-7-5-4-6-11-20(29)26-18-10-8-9-16-17(18)15-28(24(16)33)19-13-14-21(30)27-23(19)32/h8-10,19H,4-7,11-15H2,1-3H3,(H,26,29)(H,27,30,32). The summed E-state index contributed by atoms with van der Waals surface area (Å²) < 4.78 is 5.28. The van der Waals surface area contributed by atoms with E-state index in [0.717, 1.165) is 19.3 Å². The second-order valence-corrected chi connectivity index (χ2v) is 9.78. The number of carbonyl (C=O) groups excluding carboxylic acids is 5. The predicted octanol–water partition coefficient (Wildman–Crippen LogP) is 3.07. The zero-order chi connectivity index (χ0) is 24.9. The van der Waals surface area contributed by atoms with Crippen molar-refractivity contribution in [3.63, 3.8) is 0 Å². The number of benzene rings is 1. The zero-order valence-electron chi connectivity index (χ0n) is 20.1. The predicted molar refractivity (Wildman–Crippen MR) is 125 cm³/mol. The van der Waals surface area contributed by atoms with E-state index in [9.17, 15) is 24.0 Å². The van der Waals surface area contributed by atoms with Gasteiger partial charge in [0.05, 0.1) is 0 Å². The average molecular weight is 472 g/mol. The van der Waals surface area contributed by atoms with Crippen molar-refractivity contribution < 1.29 is 28.7 Å². The number of fused-ring (bicyclic) bond motifs is 1. The van der Waals surface area contributed by atoms with E-state index in [2.05, 4.69) is 10.6 Å². The molecule has 1 fully saturated rings. The first-order chi connectivity index (χ1) is 16.0. The lowest BCUT2D eigenvalue weighted by molar-refractivity contribution is -0.155. The molecule has 0 bridgehead atoms. The molecule has 184 valence electrons. The fraction of sp³-hybridized carbons (Fsp3) is 0.560. The number of anilines is 1. The molecule has 9 nitrogen and oxygen atoms in total. The van der Waals surface area contributed by atoms with Gasteiger partial charge in [0.15, 0.2) is 0 Å². The molecule has 2 heterocycles. The second-order valence-electron chi connectivity index (χ2n) is 9.78. The van der Waals surface area contributed by atoms with Crippen molar-refractivity contribution in [3.8, 4) is 0 Å². The van der Waals surface area contributed by atoms with Gasteiger partial charge in [0.25, 0.3) is 5.91 Å². The number of rotatable bonds is 9. The van der Waals surface area contributed by atoms with Crippen LogP contribution in [-0.4, -0.2) is 46.1 Å². The van der Waals surface area contributed by atoms with Gasteiger partial charge < -0.3 is 15.0 Å². The molecule has 0 spiro atoms. The minimum atomic E-state index is -0.693. The maximum Gasteiger partial charge on any atom is 0.306 e. The Hall–Kier alpha value is -3.23. The summed E-state index contributed by atoms with van der Waals surface area (Å²) in [7, 11) is 0. The Kier molecular flexibility index (Phi) is 8.06. The SMILES string of the molecule is CC(C)(C)OC(=O)CCCCCCC(=O)Nc1cccc2c1CN(C1CCC(=O)NC1=O)C2=O. The molecular weight excluding hydrogens is 438 g/mol. The number of nitrogens with zero attached hydrogens (tertiary/aromatic N) is 1. The average Bonchev–Trinajstić information content (AvgIpc) is 3.07. The van der Waals surface area contributed by atoms with Gasteiger partial charge in [-0.15, -0.1) is 0 Å². The maximum absolute atomic E-state index is 12.9. The summed E-state index contributed by atoms with van der Waals surface area (Å²) in [6, 6.07) is 4.45. The van der Waals surface area contributed by atoms with Crippen LogP contribution in [0.25, 0.3) is 0 Å². The fourth-order valence-electron chi connectivity index (χ4n) is 4.22. The van der Waals surface area contributed by atoms with Gasteiger partial charge in [0, 0.05) is 42.6 Å². The molecule has 4 amide bonds. The Bertz CT molecular complexity index is 981. The number of amides is 4. The fourth-order valence-corrected chi connectivity index (χ4v) is 4.22. The lowest BCUT2D eigenvalue weighted by Gasteiger charge is -2.29. The van der Waals surface area contributed by atoms with E-state index in [1.165, 1.54) is 4.90 Å². The highest BCUT2D eigenvalue weighted by atomic mass is 16.6. The van der Waals surface area contributed by atoms with Gasteiger partial charge in [0.1, 0.15) is 11.6 Å². The van der Waals surface area contributed by atoms with Crippen molar-refractivity contribution in [1.82, 2.24) is 10.2 Å². The van der Waals surface area contributed by atoms with Crippen LogP contribution >= 0.6 is 0 Å². The minimum absolute atomic E-state index is 0.146. The summed E-state index contributed by atoms with van der Waals surface area (Å²) in [5.41, 5.74) is 1.24. The van der Waals surface area contributed by atoms with E-state index in [1.54, 1.807) is 18.2 Å². The quantitative estimate of drug-likeness (QED) is 0.324. The van der Waals surface area contributed by atoms with Crippen LogP contribution in [0.5, 0.6) is 0 Å². The second kappa shape index (κ2) is 10.8. The first-order valence-corrected chi connectivity index (χ1v) is 11.8. The van der Waals surface area contributed by atoms with Crippen LogP contribution < -0.4 is 10.6 Å². The number of hydrogen-bond acceptors (Lipinski definition) is 6. The minimum Gasteiger partial charge on any atom is -0.460 e. The molecule has 9 heteroatoms. The first kappa shape index (κ1) is 25.4. The van der Waals surface area contributed by atoms with Crippen LogP contribution in [0.15, 0.2) is 18.2 Å². The van der Waals surface area contributed by atoms with Crippen molar-refractivity contribution in [2.45, 2.75) is 90.3 Å². The Morgan fingerprint density at radius 3 is 2.47 bits per heavy atom. The van der Waals surface area contributed by atoms with Gasteiger partial charge in [-0.25, -0.2) is 0 Å². The van der Waals surface area contributed by atoms with Crippen molar-refractivity contribution in [3.05, 3.63) is 29.3 Å². The molecule has 2 aliphatic rings. The van der Waals surface area contributed by atoms with E-state index < -0.39 is 17.6 Å². The Morgan fingerprint density at radius 1 is 1.09 bits per heavy atom. The molecule has 2 aliphatic heterocycles. The molecule has 1 atom stereocenters. The molecule has 0 aromatic heterocycles. The number of esters is 1. The van der Waals surface area contributed by atoms with Crippen LogP contribution in [0.3, 0.4) is 0 Å². The number of carbonyl (C=O) groups is 5. The molecule has 0 saturated carbocycles. The maximum atomic E-state index is 12.9. The van der Waals surface area contributed by atoms with Crippen LogP contribution in [0.2, 0.25) is 0 Å². The van der Waals surface area contributed by atoms with Crippen molar-refractivity contribution in [1.29, 1.82) is 0 Å². The van der Waals surface area contributed by atoms with Crippen molar-refractivity contribution in [2.24, 2.45) is 0 Å². The number of nitrogens with one attached hydrogen (secondary N) is 2. The molecule has 0 aliphatic carbocycles. The van der Waals surface area contributed by atoms with Gasteiger partial charge in [0.2, 0.25) is 17.7 Å². The van der Waals surface area contributed by atoms with Crippen molar-refractivity contribution >= 4 is 35.3 Å². The monoisotopic (exact) mass is 471 g/mol. The third kappa shape index (κ3) is 6.65. The highest BCUT2D eigenvalue weighted by molar-refractivity contribution is 6.06. The largest absolute Gasteiger partial charge is 0.460 e. The van der Waals surface area contributed by atoms with Crippen LogP contribution in [0, 0.1) is 0 Å². The molecule has 1 aromatic rings. The summed E-state index contributed by atoms with van der Waals surface area (Å²) in [5.74, 6) is -1.42. The van der Waals surface area contributed by atoms with E-state index in [1.807, 2.05) is 20.8 Å². The third-order valence-corrected chi connectivity index (χ3v) is 5.81. The van der Waals surface area contributed by atoms with Crippen LogP contribution in [0.1, 0.15) is 88.1 Å². The lowest BCUT2D eigenvalue weighted by atomic mass is 10.0. The highest BCUT2D eigenvalue weighted by Gasteiger charge is 2.39. The summed E-state index contributed by atoms with van der Waals surface area (Å²) in [5, 5.41) is 5.18. The van der Waals surface area contributed by atoms with Gasteiger partial charge >= 0.3 is 5.97 Å². The van der Waals surface area contributed by atoms with Gasteiger partial charge in [-0.05, 0) is 52.2 Å². The van der Waals surface area contributed by atoms with Gasteiger partial charge in [-0.1, -0.05) is 18.9 Å². The topological polar surface area (TPSA) is 122 Å². The van der Waals surface area contributed by atoms with E-state index in [4.69, 9.17) is 4.74 Å². The molecule has 1 unspecified atom stereocenters. The third-order valence-electron chi connectivity index (χ3n) is 5.81. The summed E-state index contributed by atoms with van der Waals surface area (Å²) in [6.07, 6.45) is 4.27. The van der Waals surface area contributed by atoms with E-state index in [-0.39, 0.29) is 36.7 Å². The van der Waals surface area contributed by atoms with E-state index in [0.29, 0.717) is 42.5 Å². The summed E-state index contributed by atoms with van der Waals surface area (Å²) in [4.78, 5) is 62.2. The van der Waals surface area contributed by atoms with Crippen molar-refractivity contribution in [2.75, 3.05) is 5.32 Å². The Labute approximate surface area is 199 Å². The molecule has 1 aromatic carbocycles. The number of piperidine rings is 1. The first-order valence-electron chi connectivity index (χ1n) is 11.8. The molecule has 1 saturated heterocycles. The Balaban J connectivity index is 1.46. The van der Waals surface area contributed by atoms with Gasteiger partial charge in [-0.2, -0.15) is 0 Å². The number of ether oxygens (including phenoxy) is 1. The zero-order valence-corrected chi connectivity index (χ0v) is 20.1. The molecular formula is C25H33N3O6.